The molecule has 0 saturated carbocycles. The number of hydrogen-bond donors (Lipinski definition) is 2. The summed E-state index contributed by atoms with van der Waals surface area (Å²) in [6, 6.07) is 9.02. The summed E-state index contributed by atoms with van der Waals surface area (Å²) in [6.45, 7) is 1.88. The molecule has 6 heteroatoms. The zero-order valence-electron chi connectivity index (χ0n) is 13.8. The Labute approximate surface area is 146 Å². The van der Waals surface area contributed by atoms with E-state index < -0.39 is 5.97 Å². The van der Waals surface area contributed by atoms with Crippen molar-refractivity contribution in [3.05, 3.63) is 41.6 Å². The van der Waals surface area contributed by atoms with E-state index in [1.807, 2.05) is 12.1 Å². The summed E-state index contributed by atoms with van der Waals surface area (Å²) in [4.78, 5) is 17.5. The van der Waals surface area contributed by atoms with Gasteiger partial charge < -0.3 is 15.1 Å². The standard InChI is InChI=1S/C19H19N3O3/c20-11-14-9-13(16-10-15(19(24)25)18(23)12-21-16)5-6-17(14)22-7-3-1-2-4-8-22/h5-6,9-10,12,23H,1-4,7-8H2,(H,24,25). The zero-order valence-corrected chi connectivity index (χ0v) is 13.8. The summed E-state index contributed by atoms with van der Waals surface area (Å²) in [5, 5.41) is 28.3. The van der Waals surface area contributed by atoms with Crippen LogP contribution in [0.4, 0.5) is 5.69 Å². The number of aromatic hydroxyl groups is 1. The van der Waals surface area contributed by atoms with E-state index in [0.29, 0.717) is 16.8 Å². The highest BCUT2D eigenvalue weighted by Gasteiger charge is 2.16. The van der Waals surface area contributed by atoms with Crippen LogP contribution in [0.2, 0.25) is 0 Å². The summed E-state index contributed by atoms with van der Waals surface area (Å²) < 4.78 is 0. The van der Waals surface area contributed by atoms with Crippen molar-refractivity contribution >= 4 is 11.7 Å². The van der Waals surface area contributed by atoms with Crippen molar-refractivity contribution in [3.8, 4) is 23.1 Å². The van der Waals surface area contributed by atoms with Crippen LogP contribution >= 0.6 is 0 Å². The second kappa shape index (κ2) is 7.22. The van der Waals surface area contributed by atoms with Gasteiger partial charge in [-0.3, -0.25) is 4.98 Å². The van der Waals surface area contributed by atoms with Gasteiger partial charge in [0.05, 0.1) is 23.1 Å². The lowest BCUT2D eigenvalue weighted by Gasteiger charge is -2.24. The van der Waals surface area contributed by atoms with Crippen LogP contribution in [-0.2, 0) is 0 Å². The third kappa shape index (κ3) is 3.56. The number of aromatic nitrogens is 1. The number of hydrogen-bond acceptors (Lipinski definition) is 5. The second-order valence-electron chi connectivity index (χ2n) is 6.14. The van der Waals surface area contributed by atoms with Gasteiger partial charge in [-0.1, -0.05) is 18.9 Å². The molecule has 1 aromatic heterocycles. The number of aromatic carboxylic acids is 1. The lowest BCUT2D eigenvalue weighted by Crippen LogP contribution is -2.24. The third-order valence-corrected chi connectivity index (χ3v) is 4.47. The van der Waals surface area contributed by atoms with Gasteiger partial charge in [-0.2, -0.15) is 5.26 Å². The fourth-order valence-corrected chi connectivity index (χ4v) is 3.15. The number of pyridine rings is 1. The van der Waals surface area contributed by atoms with Gasteiger partial charge in [-0.05, 0) is 31.0 Å². The van der Waals surface area contributed by atoms with Crippen molar-refractivity contribution in [2.24, 2.45) is 0 Å². The summed E-state index contributed by atoms with van der Waals surface area (Å²) in [7, 11) is 0. The molecule has 3 rings (SSSR count). The molecule has 0 atom stereocenters. The fourth-order valence-electron chi connectivity index (χ4n) is 3.15. The molecular weight excluding hydrogens is 318 g/mol. The van der Waals surface area contributed by atoms with E-state index in [-0.39, 0.29) is 11.3 Å². The number of carbonyl (C=O) groups is 1. The molecule has 25 heavy (non-hydrogen) atoms. The lowest BCUT2D eigenvalue weighted by atomic mass is 10.0. The molecule has 0 amide bonds. The molecule has 0 spiro atoms. The average molecular weight is 337 g/mol. The highest BCUT2D eigenvalue weighted by Crippen LogP contribution is 2.29. The number of rotatable bonds is 3. The van der Waals surface area contributed by atoms with Gasteiger partial charge in [0.15, 0.2) is 0 Å². The molecular formula is C19H19N3O3. The van der Waals surface area contributed by atoms with E-state index in [4.69, 9.17) is 5.11 Å². The normalized spacial score (nSPS) is 14.6. The predicted octanol–water partition coefficient (Wildman–Crippen LogP) is 3.40. The van der Waals surface area contributed by atoms with Gasteiger partial charge in [-0.15, -0.1) is 0 Å². The van der Waals surface area contributed by atoms with Crippen molar-refractivity contribution in [2.45, 2.75) is 25.7 Å². The molecule has 0 unspecified atom stereocenters. The van der Waals surface area contributed by atoms with Crippen LogP contribution in [0.15, 0.2) is 30.5 Å². The number of benzene rings is 1. The minimum Gasteiger partial charge on any atom is -0.505 e. The molecule has 0 aliphatic carbocycles. The topological polar surface area (TPSA) is 97.5 Å². The quantitative estimate of drug-likeness (QED) is 0.891. The smallest absolute Gasteiger partial charge is 0.339 e. The maximum Gasteiger partial charge on any atom is 0.339 e. The SMILES string of the molecule is N#Cc1cc(-c2cc(C(=O)O)c(O)cn2)ccc1N1CCCCCC1. The van der Waals surface area contributed by atoms with Crippen LogP contribution < -0.4 is 4.90 Å². The van der Waals surface area contributed by atoms with Crippen molar-refractivity contribution in [1.29, 1.82) is 5.26 Å². The Morgan fingerprint density at radius 1 is 1.16 bits per heavy atom. The molecule has 2 heterocycles. The molecule has 0 bridgehead atoms. The molecule has 1 aliphatic rings. The maximum atomic E-state index is 11.2. The van der Waals surface area contributed by atoms with Crippen LogP contribution in [0.1, 0.15) is 41.6 Å². The maximum absolute atomic E-state index is 11.2. The van der Waals surface area contributed by atoms with Crippen molar-refractivity contribution < 1.29 is 15.0 Å². The van der Waals surface area contributed by atoms with E-state index >= 15 is 0 Å². The third-order valence-electron chi connectivity index (χ3n) is 4.47. The second-order valence-corrected chi connectivity index (χ2v) is 6.14. The number of nitrogens with zero attached hydrogens (tertiary/aromatic N) is 3. The Hall–Kier alpha value is -3.07. The highest BCUT2D eigenvalue weighted by atomic mass is 16.4. The van der Waals surface area contributed by atoms with Crippen LogP contribution in [0, 0.1) is 11.3 Å². The Bertz CT molecular complexity index is 834. The Morgan fingerprint density at radius 3 is 2.52 bits per heavy atom. The van der Waals surface area contributed by atoms with Gasteiger partial charge in [-0.25, -0.2) is 4.79 Å². The van der Waals surface area contributed by atoms with E-state index in [0.717, 1.165) is 37.8 Å². The van der Waals surface area contributed by atoms with Crippen LogP contribution in [0.3, 0.4) is 0 Å². The van der Waals surface area contributed by atoms with Gasteiger partial charge in [0, 0.05) is 18.7 Å². The first-order valence-electron chi connectivity index (χ1n) is 8.32. The number of carboxylic acid groups (broad SMARTS) is 1. The Kier molecular flexibility index (Phi) is 4.85. The van der Waals surface area contributed by atoms with E-state index in [1.54, 1.807) is 6.07 Å². The van der Waals surface area contributed by atoms with E-state index in [1.165, 1.54) is 18.9 Å². The lowest BCUT2D eigenvalue weighted by molar-refractivity contribution is 0.0693. The number of nitriles is 1. The van der Waals surface area contributed by atoms with Crippen molar-refractivity contribution in [2.75, 3.05) is 18.0 Å². The molecule has 1 aromatic carbocycles. The van der Waals surface area contributed by atoms with Crippen LogP contribution in [-0.4, -0.2) is 34.3 Å². The number of anilines is 1. The summed E-state index contributed by atoms with van der Waals surface area (Å²) >= 11 is 0. The monoisotopic (exact) mass is 337 g/mol. The van der Waals surface area contributed by atoms with Crippen molar-refractivity contribution in [1.82, 2.24) is 4.98 Å². The first kappa shape index (κ1) is 16.8. The molecule has 6 nitrogen and oxygen atoms in total. The average Bonchev–Trinajstić information content (AvgIpc) is 2.90. The zero-order chi connectivity index (χ0) is 17.8. The molecule has 1 aliphatic heterocycles. The van der Waals surface area contributed by atoms with Gasteiger partial charge in [0.25, 0.3) is 0 Å². The Balaban J connectivity index is 1.98. The van der Waals surface area contributed by atoms with E-state index in [2.05, 4.69) is 16.0 Å². The molecule has 0 radical (unpaired) electrons. The molecule has 1 saturated heterocycles. The van der Waals surface area contributed by atoms with E-state index in [9.17, 15) is 15.2 Å². The summed E-state index contributed by atoms with van der Waals surface area (Å²) in [5.41, 5.74) is 2.31. The summed E-state index contributed by atoms with van der Waals surface area (Å²) in [6.07, 6.45) is 5.79. The molecule has 128 valence electrons. The van der Waals surface area contributed by atoms with Gasteiger partial charge >= 0.3 is 5.97 Å². The Morgan fingerprint density at radius 2 is 1.88 bits per heavy atom. The molecule has 2 N–H and O–H groups in total. The first-order chi connectivity index (χ1) is 12.1. The first-order valence-corrected chi connectivity index (χ1v) is 8.32. The largest absolute Gasteiger partial charge is 0.505 e. The van der Waals surface area contributed by atoms with Crippen LogP contribution in [0.5, 0.6) is 5.75 Å². The van der Waals surface area contributed by atoms with Gasteiger partial charge in [0.1, 0.15) is 17.4 Å². The van der Waals surface area contributed by atoms with Crippen molar-refractivity contribution in [3.63, 3.8) is 0 Å². The minimum atomic E-state index is -1.22. The predicted molar refractivity (Wildman–Crippen MR) is 93.7 cm³/mol. The van der Waals surface area contributed by atoms with Gasteiger partial charge in [0.2, 0.25) is 0 Å². The summed E-state index contributed by atoms with van der Waals surface area (Å²) in [5.74, 6) is -1.60. The van der Waals surface area contributed by atoms with Crippen LogP contribution in [0.25, 0.3) is 11.3 Å². The molecule has 2 aromatic rings. The minimum absolute atomic E-state index is 0.208. The fraction of sp³-hybridized carbons (Fsp3) is 0.316. The number of carboxylic acids is 1. The molecule has 1 fully saturated rings. The highest BCUT2D eigenvalue weighted by molar-refractivity contribution is 5.92.